The largest absolute Gasteiger partial charge is 0.353 e. The Labute approximate surface area is 152 Å². The van der Waals surface area contributed by atoms with Crippen molar-refractivity contribution < 1.29 is 0 Å². The van der Waals surface area contributed by atoms with Gasteiger partial charge in [-0.05, 0) is 32.9 Å². The summed E-state index contributed by atoms with van der Waals surface area (Å²) < 4.78 is 1.88. The van der Waals surface area contributed by atoms with Crippen LogP contribution in [0.1, 0.15) is 17.2 Å². The molecule has 0 saturated carbocycles. The predicted octanol–water partition coefficient (Wildman–Crippen LogP) is 1.70. The smallest absolute Gasteiger partial charge is 0.225 e. The van der Waals surface area contributed by atoms with Gasteiger partial charge in [0.25, 0.3) is 0 Å². The Morgan fingerprint density at radius 3 is 2.12 bits per heavy atom. The standard InChI is InChI=1S/C18H22N8/c1-13-11-14(2)26(23-13)17-12-16(21-15(3)22-17)24-7-9-25(10-8-24)18-19-5-4-6-20-18/h4-6,11-12H,7-10H2,1-3H3. The van der Waals surface area contributed by atoms with Gasteiger partial charge in [-0.3, -0.25) is 0 Å². The third kappa shape index (κ3) is 3.22. The van der Waals surface area contributed by atoms with Crippen LogP contribution in [0.5, 0.6) is 0 Å². The maximum Gasteiger partial charge on any atom is 0.225 e. The van der Waals surface area contributed by atoms with Crippen molar-refractivity contribution in [3.8, 4) is 5.82 Å². The molecular weight excluding hydrogens is 328 g/mol. The Hall–Kier alpha value is -3.03. The first-order valence-electron chi connectivity index (χ1n) is 8.76. The second-order valence-corrected chi connectivity index (χ2v) is 6.49. The normalized spacial score (nSPS) is 14.7. The zero-order valence-electron chi connectivity index (χ0n) is 15.3. The van der Waals surface area contributed by atoms with Crippen LogP contribution in [0.25, 0.3) is 5.82 Å². The molecule has 0 aromatic carbocycles. The van der Waals surface area contributed by atoms with E-state index in [-0.39, 0.29) is 0 Å². The van der Waals surface area contributed by atoms with Crippen LogP contribution in [-0.4, -0.2) is 55.9 Å². The molecule has 1 aliphatic rings. The summed E-state index contributed by atoms with van der Waals surface area (Å²) in [7, 11) is 0. The van der Waals surface area contributed by atoms with E-state index in [9.17, 15) is 0 Å². The van der Waals surface area contributed by atoms with E-state index in [4.69, 9.17) is 0 Å². The Morgan fingerprint density at radius 1 is 0.808 bits per heavy atom. The molecule has 26 heavy (non-hydrogen) atoms. The lowest BCUT2D eigenvalue weighted by Gasteiger charge is -2.35. The fraction of sp³-hybridized carbons (Fsp3) is 0.389. The van der Waals surface area contributed by atoms with E-state index in [1.807, 2.05) is 37.6 Å². The number of aryl methyl sites for hydroxylation is 3. The average Bonchev–Trinajstić information content (AvgIpc) is 3.00. The molecule has 0 radical (unpaired) electrons. The molecule has 4 rings (SSSR count). The van der Waals surface area contributed by atoms with Crippen LogP contribution in [0.3, 0.4) is 0 Å². The molecule has 8 nitrogen and oxygen atoms in total. The number of aromatic nitrogens is 6. The average molecular weight is 350 g/mol. The molecule has 3 aromatic rings. The van der Waals surface area contributed by atoms with Gasteiger partial charge in [0, 0.05) is 50.3 Å². The monoisotopic (exact) mass is 350 g/mol. The quantitative estimate of drug-likeness (QED) is 0.711. The summed E-state index contributed by atoms with van der Waals surface area (Å²) in [5.74, 6) is 3.29. The number of nitrogens with zero attached hydrogens (tertiary/aromatic N) is 8. The molecule has 1 fully saturated rings. The Morgan fingerprint density at radius 2 is 1.46 bits per heavy atom. The van der Waals surface area contributed by atoms with Crippen molar-refractivity contribution in [2.24, 2.45) is 0 Å². The first-order chi connectivity index (χ1) is 12.6. The van der Waals surface area contributed by atoms with Gasteiger partial charge in [-0.1, -0.05) is 0 Å². The highest BCUT2D eigenvalue weighted by atomic mass is 15.4. The topological polar surface area (TPSA) is 75.9 Å². The van der Waals surface area contributed by atoms with E-state index < -0.39 is 0 Å². The molecule has 1 saturated heterocycles. The third-order valence-corrected chi connectivity index (χ3v) is 4.48. The highest BCUT2D eigenvalue weighted by Gasteiger charge is 2.21. The Kier molecular flexibility index (Phi) is 4.24. The van der Waals surface area contributed by atoms with E-state index in [0.29, 0.717) is 0 Å². The second kappa shape index (κ2) is 6.70. The second-order valence-electron chi connectivity index (χ2n) is 6.49. The summed E-state index contributed by atoms with van der Waals surface area (Å²) in [5.41, 5.74) is 2.05. The van der Waals surface area contributed by atoms with Crippen LogP contribution in [0, 0.1) is 20.8 Å². The minimum atomic E-state index is 0.749. The maximum atomic E-state index is 4.64. The van der Waals surface area contributed by atoms with Gasteiger partial charge in [0.05, 0.1) is 5.69 Å². The number of rotatable bonds is 3. The molecule has 0 amide bonds. The zero-order valence-corrected chi connectivity index (χ0v) is 15.3. The molecule has 0 aliphatic carbocycles. The molecule has 1 aliphatic heterocycles. The van der Waals surface area contributed by atoms with Crippen LogP contribution in [0.2, 0.25) is 0 Å². The predicted molar refractivity (Wildman–Crippen MR) is 99.8 cm³/mol. The van der Waals surface area contributed by atoms with Crippen molar-refractivity contribution in [1.29, 1.82) is 0 Å². The lowest BCUT2D eigenvalue weighted by molar-refractivity contribution is 0.632. The number of anilines is 2. The van der Waals surface area contributed by atoms with Gasteiger partial charge in [-0.15, -0.1) is 0 Å². The van der Waals surface area contributed by atoms with Crippen LogP contribution < -0.4 is 9.80 Å². The molecule has 0 N–H and O–H groups in total. The van der Waals surface area contributed by atoms with Crippen molar-refractivity contribution in [3.63, 3.8) is 0 Å². The van der Waals surface area contributed by atoms with E-state index in [0.717, 1.165) is 61.0 Å². The molecular formula is C18H22N8. The van der Waals surface area contributed by atoms with Gasteiger partial charge < -0.3 is 9.80 Å². The fourth-order valence-corrected chi connectivity index (χ4v) is 3.26. The molecule has 3 aromatic heterocycles. The Bertz CT molecular complexity index is 897. The van der Waals surface area contributed by atoms with E-state index in [2.05, 4.69) is 40.9 Å². The third-order valence-electron chi connectivity index (χ3n) is 4.48. The van der Waals surface area contributed by atoms with Crippen molar-refractivity contribution >= 4 is 11.8 Å². The minimum Gasteiger partial charge on any atom is -0.353 e. The summed E-state index contributed by atoms with van der Waals surface area (Å²) in [6, 6.07) is 5.90. The first kappa shape index (κ1) is 16.4. The Balaban J connectivity index is 1.55. The minimum absolute atomic E-state index is 0.749. The lowest BCUT2D eigenvalue weighted by atomic mass is 10.3. The number of hydrogen-bond acceptors (Lipinski definition) is 7. The van der Waals surface area contributed by atoms with Gasteiger partial charge in [0.1, 0.15) is 11.6 Å². The summed E-state index contributed by atoms with van der Waals surface area (Å²) in [4.78, 5) is 22.4. The van der Waals surface area contributed by atoms with Gasteiger partial charge in [-0.25, -0.2) is 24.6 Å². The highest BCUT2D eigenvalue weighted by Crippen LogP contribution is 2.19. The van der Waals surface area contributed by atoms with Crippen LogP contribution >= 0.6 is 0 Å². The van der Waals surface area contributed by atoms with Gasteiger partial charge in [0.2, 0.25) is 5.95 Å². The van der Waals surface area contributed by atoms with Crippen molar-refractivity contribution in [2.45, 2.75) is 20.8 Å². The maximum absolute atomic E-state index is 4.64. The van der Waals surface area contributed by atoms with Crippen LogP contribution in [0.4, 0.5) is 11.8 Å². The summed E-state index contributed by atoms with van der Waals surface area (Å²) in [6.07, 6.45) is 3.56. The molecule has 134 valence electrons. The molecule has 8 heteroatoms. The summed E-state index contributed by atoms with van der Waals surface area (Å²) in [6.45, 7) is 9.41. The molecule has 4 heterocycles. The summed E-state index contributed by atoms with van der Waals surface area (Å²) in [5, 5.41) is 4.54. The van der Waals surface area contributed by atoms with E-state index >= 15 is 0 Å². The lowest BCUT2D eigenvalue weighted by Crippen LogP contribution is -2.47. The van der Waals surface area contributed by atoms with Crippen molar-refractivity contribution in [1.82, 2.24) is 29.7 Å². The fourth-order valence-electron chi connectivity index (χ4n) is 3.26. The number of hydrogen-bond donors (Lipinski definition) is 0. The summed E-state index contributed by atoms with van der Waals surface area (Å²) >= 11 is 0. The molecule has 0 spiro atoms. The van der Waals surface area contributed by atoms with Crippen LogP contribution in [-0.2, 0) is 0 Å². The van der Waals surface area contributed by atoms with Gasteiger partial charge in [-0.2, -0.15) is 5.10 Å². The first-order valence-corrected chi connectivity index (χ1v) is 8.76. The molecule has 0 atom stereocenters. The van der Waals surface area contributed by atoms with E-state index in [1.165, 1.54) is 0 Å². The molecule has 0 unspecified atom stereocenters. The highest BCUT2D eigenvalue weighted by molar-refractivity contribution is 5.47. The molecule has 0 bridgehead atoms. The zero-order chi connectivity index (χ0) is 18.1. The number of piperazine rings is 1. The van der Waals surface area contributed by atoms with Gasteiger partial charge in [0.15, 0.2) is 5.82 Å². The van der Waals surface area contributed by atoms with E-state index in [1.54, 1.807) is 12.4 Å². The van der Waals surface area contributed by atoms with Crippen molar-refractivity contribution in [3.05, 3.63) is 47.8 Å². The van der Waals surface area contributed by atoms with Crippen molar-refractivity contribution in [2.75, 3.05) is 36.0 Å². The SMILES string of the molecule is Cc1cc(C)n(-c2cc(N3CCN(c4ncccn4)CC3)nc(C)n2)n1. The van der Waals surface area contributed by atoms with Gasteiger partial charge >= 0.3 is 0 Å². The van der Waals surface area contributed by atoms with Crippen LogP contribution in [0.15, 0.2) is 30.6 Å².